The number of non-ortho nitro benzene ring substituents is 1. The molecule has 22 heavy (non-hydrogen) atoms. The number of rotatable bonds is 3. The number of hydrazone groups is 1. The Morgan fingerprint density at radius 2 is 1.95 bits per heavy atom. The molecule has 0 spiro atoms. The lowest BCUT2D eigenvalue weighted by Crippen LogP contribution is -2.07. The molecule has 1 aliphatic rings. The highest BCUT2D eigenvalue weighted by molar-refractivity contribution is 8.14. The molecule has 7 nitrogen and oxygen atoms in total. The van der Waals surface area contributed by atoms with E-state index in [9.17, 15) is 20.3 Å². The predicted molar refractivity (Wildman–Crippen MR) is 82.9 cm³/mol. The SMILES string of the molecule is O=[N+]([O-])c1ccc(O)c([C@@H]2NN=C(c3ccccc3O)S2)c1. The lowest BCUT2D eigenvalue weighted by atomic mass is 10.2. The van der Waals surface area contributed by atoms with Crippen LogP contribution >= 0.6 is 11.8 Å². The summed E-state index contributed by atoms with van der Waals surface area (Å²) in [5, 5.41) is 34.8. The van der Waals surface area contributed by atoms with Crippen LogP contribution in [0.3, 0.4) is 0 Å². The summed E-state index contributed by atoms with van der Waals surface area (Å²) in [6.45, 7) is 0. The second-order valence-corrected chi connectivity index (χ2v) is 5.66. The number of aromatic hydroxyl groups is 2. The Hall–Kier alpha value is -2.74. The van der Waals surface area contributed by atoms with E-state index in [4.69, 9.17) is 0 Å². The average molecular weight is 317 g/mol. The Balaban J connectivity index is 1.87. The fourth-order valence-electron chi connectivity index (χ4n) is 2.06. The van der Waals surface area contributed by atoms with E-state index in [0.717, 1.165) is 0 Å². The van der Waals surface area contributed by atoms with Gasteiger partial charge in [0.05, 0.1) is 10.5 Å². The van der Waals surface area contributed by atoms with Crippen LogP contribution in [0.25, 0.3) is 0 Å². The monoisotopic (exact) mass is 317 g/mol. The van der Waals surface area contributed by atoms with E-state index < -0.39 is 10.3 Å². The van der Waals surface area contributed by atoms with Gasteiger partial charge in [-0.25, -0.2) is 0 Å². The van der Waals surface area contributed by atoms with Crippen LogP contribution in [0.5, 0.6) is 11.5 Å². The molecule has 2 aromatic carbocycles. The highest BCUT2D eigenvalue weighted by atomic mass is 32.2. The van der Waals surface area contributed by atoms with Crippen molar-refractivity contribution in [3.63, 3.8) is 0 Å². The minimum Gasteiger partial charge on any atom is -0.508 e. The predicted octanol–water partition coefficient (Wildman–Crippen LogP) is 2.70. The summed E-state index contributed by atoms with van der Waals surface area (Å²) in [4.78, 5) is 10.3. The van der Waals surface area contributed by atoms with Crippen LogP contribution in [0.2, 0.25) is 0 Å². The summed E-state index contributed by atoms with van der Waals surface area (Å²) >= 11 is 1.26. The fourth-order valence-corrected chi connectivity index (χ4v) is 3.11. The van der Waals surface area contributed by atoms with Gasteiger partial charge in [-0.15, -0.1) is 0 Å². The van der Waals surface area contributed by atoms with E-state index in [1.807, 2.05) is 0 Å². The van der Waals surface area contributed by atoms with Gasteiger partial charge in [0, 0.05) is 17.7 Å². The molecule has 0 saturated carbocycles. The molecule has 3 N–H and O–H groups in total. The van der Waals surface area contributed by atoms with Crippen molar-refractivity contribution >= 4 is 22.5 Å². The van der Waals surface area contributed by atoms with E-state index >= 15 is 0 Å². The van der Waals surface area contributed by atoms with Crippen molar-refractivity contribution in [2.24, 2.45) is 5.10 Å². The molecule has 1 heterocycles. The quantitative estimate of drug-likeness (QED) is 0.593. The fraction of sp³-hybridized carbons (Fsp3) is 0.0714. The number of hydrogen-bond acceptors (Lipinski definition) is 7. The normalized spacial score (nSPS) is 16.9. The molecule has 112 valence electrons. The van der Waals surface area contributed by atoms with Crippen LogP contribution in [0.1, 0.15) is 16.5 Å². The van der Waals surface area contributed by atoms with Gasteiger partial charge in [0.2, 0.25) is 0 Å². The van der Waals surface area contributed by atoms with Gasteiger partial charge in [-0.2, -0.15) is 5.10 Å². The molecular formula is C14H11N3O4S. The first kappa shape index (κ1) is 14.2. The van der Waals surface area contributed by atoms with Gasteiger partial charge >= 0.3 is 0 Å². The topological polar surface area (TPSA) is 108 Å². The molecule has 2 aromatic rings. The van der Waals surface area contributed by atoms with Crippen LogP contribution in [0, 0.1) is 10.1 Å². The van der Waals surface area contributed by atoms with Gasteiger partial charge in [-0.3, -0.25) is 15.5 Å². The maximum atomic E-state index is 10.8. The summed E-state index contributed by atoms with van der Waals surface area (Å²) in [5.41, 5.74) is 3.64. The van der Waals surface area contributed by atoms with Crippen molar-refractivity contribution < 1.29 is 15.1 Å². The number of nitrogens with one attached hydrogen (secondary N) is 1. The van der Waals surface area contributed by atoms with Gasteiger partial charge in [0.25, 0.3) is 5.69 Å². The number of phenolic OH excluding ortho intramolecular Hbond substituents is 2. The first-order valence-electron chi connectivity index (χ1n) is 6.32. The lowest BCUT2D eigenvalue weighted by Gasteiger charge is -2.11. The maximum Gasteiger partial charge on any atom is 0.270 e. The van der Waals surface area contributed by atoms with Gasteiger partial charge in [0.1, 0.15) is 21.9 Å². The van der Waals surface area contributed by atoms with E-state index in [1.165, 1.54) is 30.0 Å². The zero-order valence-electron chi connectivity index (χ0n) is 11.1. The Morgan fingerprint density at radius 1 is 1.18 bits per heavy atom. The minimum absolute atomic E-state index is 0.0515. The number of nitro benzene ring substituents is 1. The van der Waals surface area contributed by atoms with Crippen molar-refractivity contribution in [2.75, 3.05) is 0 Å². The maximum absolute atomic E-state index is 10.8. The number of hydrogen-bond donors (Lipinski definition) is 3. The molecule has 0 aliphatic carbocycles. The molecule has 1 atom stereocenters. The Labute approximate surface area is 129 Å². The largest absolute Gasteiger partial charge is 0.508 e. The average Bonchev–Trinajstić information content (AvgIpc) is 2.97. The standard InChI is InChI=1S/C14H11N3O4S/c18-11-4-2-1-3-9(11)13-15-16-14(22-13)10-7-8(17(20)21)5-6-12(10)19/h1-7,14,16,18-19H/t14-/m1/s1. The Morgan fingerprint density at radius 3 is 2.68 bits per heavy atom. The van der Waals surface area contributed by atoms with Gasteiger partial charge in [-0.05, 0) is 18.2 Å². The highest BCUT2D eigenvalue weighted by Gasteiger charge is 2.27. The molecule has 3 rings (SSSR count). The third-order valence-electron chi connectivity index (χ3n) is 3.15. The molecule has 0 radical (unpaired) electrons. The van der Waals surface area contributed by atoms with Crippen molar-refractivity contribution in [3.8, 4) is 11.5 Å². The zero-order chi connectivity index (χ0) is 15.7. The number of thioether (sulfide) groups is 1. The molecule has 8 heteroatoms. The lowest BCUT2D eigenvalue weighted by molar-refractivity contribution is -0.384. The first-order valence-corrected chi connectivity index (χ1v) is 7.20. The summed E-state index contributed by atoms with van der Waals surface area (Å²) in [6, 6.07) is 10.6. The number of phenols is 2. The molecule has 1 aliphatic heterocycles. The molecule has 0 aromatic heterocycles. The zero-order valence-corrected chi connectivity index (χ0v) is 11.9. The van der Waals surface area contributed by atoms with Gasteiger partial charge in [0.15, 0.2) is 0 Å². The molecule has 0 amide bonds. The van der Waals surface area contributed by atoms with Crippen LogP contribution in [0.4, 0.5) is 5.69 Å². The molecule has 0 unspecified atom stereocenters. The van der Waals surface area contributed by atoms with Crippen LogP contribution in [0.15, 0.2) is 47.6 Å². The second-order valence-electron chi connectivity index (χ2n) is 4.56. The summed E-state index contributed by atoms with van der Waals surface area (Å²) in [6.07, 6.45) is 0. The third kappa shape index (κ3) is 2.56. The van der Waals surface area contributed by atoms with Gasteiger partial charge in [-0.1, -0.05) is 23.9 Å². The summed E-state index contributed by atoms with van der Waals surface area (Å²) < 4.78 is 0. The van der Waals surface area contributed by atoms with E-state index in [2.05, 4.69) is 10.5 Å². The number of para-hydroxylation sites is 1. The summed E-state index contributed by atoms with van der Waals surface area (Å²) in [5.74, 6) is 0.0452. The first-order chi connectivity index (χ1) is 10.6. The van der Waals surface area contributed by atoms with E-state index in [-0.39, 0.29) is 17.2 Å². The van der Waals surface area contributed by atoms with Crippen LogP contribution < -0.4 is 5.43 Å². The van der Waals surface area contributed by atoms with Gasteiger partial charge < -0.3 is 10.2 Å². The minimum atomic E-state index is -0.520. The van der Waals surface area contributed by atoms with Crippen LogP contribution in [-0.4, -0.2) is 20.2 Å². The smallest absolute Gasteiger partial charge is 0.270 e. The number of nitro groups is 1. The molecule has 0 fully saturated rings. The summed E-state index contributed by atoms with van der Waals surface area (Å²) in [7, 11) is 0. The second kappa shape index (κ2) is 5.57. The molecular weight excluding hydrogens is 306 g/mol. The van der Waals surface area contributed by atoms with Crippen molar-refractivity contribution in [1.82, 2.24) is 5.43 Å². The highest BCUT2D eigenvalue weighted by Crippen LogP contribution is 2.40. The van der Waals surface area contributed by atoms with Crippen molar-refractivity contribution in [3.05, 3.63) is 63.7 Å². The Bertz CT molecular complexity index is 778. The van der Waals surface area contributed by atoms with Crippen molar-refractivity contribution in [2.45, 2.75) is 5.37 Å². The number of nitrogens with zero attached hydrogens (tertiary/aromatic N) is 2. The van der Waals surface area contributed by atoms with E-state index in [1.54, 1.807) is 24.3 Å². The Kier molecular flexibility index (Phi) is 3.60. The molecule has 0 saturated heterocycles. The van der Waals surface area contributed by atoms with E-state index in [0.29, 0.717) is 16.2 Å². The molecule has 0 bridgehead atoms. The number of benzene rings is 2. The van der Waals surface area contributed by atoms with Crippen molar-refractivity contribution in [1.29, 1.82) is 0 Å². The van der Waals surface area contributed by atoms with Crippen LogP contribution in [-0.2, 0) is 0 Å². The third-order valence-corrected chi connectivity index (χ3v) is 4.28.